The fraction of sp³-hybridized carbons (Fsp3) is 0.538. The molecule has 0 spiro atoms. The predicted octanol–water partition coefficient (Wildman–Crippen LogP) is 1.66. The van der Waals surface area contributed by atoms with Crippen LogP contribution in [0.4, 0.5) is 0 Å². The van der Waals surface area contributed by atoms with Crippen LogP contribution in [0.1, 0.15) is 17.5 Å². The van der Waals surface area contributed by atoms with Crippen LogP contribution in [0.25, 0.3) is 0 Å². The van der Waals surface area contributed by atoms with E-state index in [9.17, 15) is 5.11 Å². The number of aryl methyl sites for hydroxylation is 1. The number of hydrogen-bond acceptors (Lipinski definition) is 3. The number of benzene rings is 1. The van der Waals surface area contributed by atoms with E-state index in [0.29, 0.717) is 26.1 Å². The molecule has 88 valence electrons. The average Bonchev–Trinajstić information content (AvgIpc) is 2.74. The lowest BCUT2D eigenvalue weighted by molar-refractivity contribution is -0.0698. The third-order valence-corrected chi connectivity index (χ3v) is 2.75. The Balaban J connectivity index is 1.81. The number of rotatable bonds is 4. The molecule has 16 heavy (non-hydrogen) atoms. The number of hydrogen-bond donors (Lipinski definition) is 1. The summed E-state index contributed by atoms with van der Waals surface area (Å²) in [6.07, 6.45) is 0.587. The monoisotopic (exact) mass is 222 g/mol. The van der Waals surface area contributed by atoms with Crippen LogP contribution < -0.4 is 0 Å². The SMILES string of the molecule is Cc1ccc(CC(O)CC2OCCO2)cc1. The van der Waals surface area contributed by atoms with E-state index < -0.39 is 6.10 Å². The third-order valence-electron chi connectivity index (χ3n) is 2.75. The molecule has 0 aromatic heterocycles. The van der Waals surface area contributed by atoms with Gasteiger partial charge in [0.25, 0.3) is 0 Å². The Morgan fingerprint density at radius 1 is 1.25 bits per heavy atom. The van der Waals surface area contributed by atoms with Crippen LogP contribution in [0.15, 0.2) is 24.3 Å². The van der Waals surface area contributed by atoms with Gasteiger partial charge in [-0.1, -0.05) is 29.8 Å². The fourth-order valence-corrected chi connectivity index (χ4v) is 1.85. The van der Waals surface area contributed by atoms with E-state index in [1.165, 1.54) is 5.56 Å². The van der Waals surface area contributed by atoms with Crippen molar-refractivity contribution in [2.75, 3.05) is 13.2 Å². The van der Waals surface area contributed by atoms with Gasteiger partial charge in [-0.3, -0.25) is 0 Å². The number of ether oxygens (including phenoxy) is 2. The molecule has 0 saturated carbocycles. The zero-order valence-corrected chi connectivity index (χ0v) is 9.56. The van der Waals surface area contributed by atoms with Gasteiger partial charge in [0.15, 0.2) is 6.29 Å². The summed E-state index contributed by atoms with van der Waals surface area (Å²) >= 11 is 0. The molecule has 1 atom stereocenters. The first kappa shape index (κ1) is 11.6. The van der Waals surface area contributed by atoms with Gasteiger partial charge in [0, 0.05) is 6.42 Å². The second kappa shape index (κ2) is 5.43. The summed E-state index contributed by atoms with van der Waals surface area (Å²) in [6.45, 7) is 3.34. The standard InChI is InChI=1S/C13H18O3/c1-10-2-4-11(5-3-10)8-12(14)9-13-15-6-7-16-13/h2-5,12-14H,6-9H2,1H3. The Bertz CT molecular complexity index is 314. The highest BCUT2D eigenvalue weighted by Gasteiger charge is 2.20. The van der Waals surface area contributed by atoms with E-state index in [1.807, 2.05) is 0 Å². The van der Waals surface area contributed by atoms with Gasteiger partial charge in [0.2, 0.25) is 0 Å². The summed E-state index contributed by atoms with van der Waals surface area (Å²) in [4.78, 5) is 0. The summed E-state index contributed by atoms with van der Waals surface area (Å²) in [5.74, 6) is 0. The zero-order chi connectivity index (χ0) is 11.4. The first-order chi connectivity index (χ1) is 7.74. The van der Waals surface area contributed by atoms with Crippen LogP contribution in [0.3, 0.4) is 0 Å². The van der Waals surface area contributed by atoms with Gasteiger partial charge in [-0.2, -0.15) is 0 Å². The second-order valence-corrected chi connectivity index (χ2v) is 4.25. The molecule has 0 bridgehead atoms. The summed E-state index contributed by atoms with van der Waals surface area (Å²) in [6, 6.07) is 8.22. The number of aliphatic hydroxyl groups is 1. The van der Waals surface area contributed by atoms with Crippen LogP contribution in [0, 0.1) is 6.92 Å². The molecule has 0 radical (unpaired) electrons. The van der Waals surface area contributed by atoms with Gasteiger partial charge in [0.1, 0.15) is 0 Å². The fourth-order valence-electron chi connectivity index (χ4n) is 1.85. The predicted molar refractivity (Wildman–Crippen MR) is 61.2 cm³/mol. The van der Waals surface area contributed by atoms with Crippen molar-refractivity contribution in [3.63, 3.8) is 0 Å². The lowest BCUT2D eigenvalue weighted by Gasteiger charge is -2.14. The van der Waals surface area contributed by atoms with Crippen molar-refractivity contribution < 1.29 is 14.6 Å². The lowest BCUT2D eigenvalue weighted by Crippen LogP contribution is -2.20. The van der Waals surface area contributed by atoms with Gasteiger partial charge in [-0.15, -0.1) is 0 Å². The topological polar surface area (TPSA) is 38.7 Å². The molecule has 2 rings (SSSR count). The van der Waals surface area contributed by atoms with Gasteiger partial charge in [-0.25, -0.2) is 0 Å². The van der Waals surface area contributed by atoms with Crippen molar-refractivity contribution in [2.24, 2.45) is 0 Å². The third kappa shape index (κ3) is 3.30. The maximum absolute atomic E-state index is 9.87. The van der Waals surface area contributed by atoms with E-state index >= 15 is 0 Å². The van der Waals surface area contributed by atoms with Crippen molar-refractivity contribution in [1.82, 2.24) is 0 Å². The maximum atomic E-state index is 9.87. The first-order valence-electron chi connectivity index (χ1n) is 5.71. The Labute approximate surface area is 96.0 Å². The summed E-state index contributed by atoms with van der Waals surface area (Å²) in [5, 5.41) is 9.87. The van der Waals surface area contributed by atoms with Gasteiger partial charge < -0.3 is 14.6 Å². The highest BCUT2D eigenvalue weighted by molar-refractivity contribution is 5.21. The Morgan fingerprint density at radius 2 is 1.88 bits per heavy atom. The molecule has 1 aromatic carbocycles. The normalized spacial score (nSPS) is 18.9. The molecule has 1 fully saturated rings. The van der Waals surface area contributed by atoms with Crippen LogP contribution in [-0.2, 0) is 15.9 Å². The first-order valence-corrected chi connectivity index (χ1v) is 5.71. The lowest BCUT2D eigenvalue weighted by atomic mass is 10.0. The van der Waals surface area contributed by atoms with Gasteiger partial charge in [0.05, 0.1) is 19.3 Å². The molecule has 1 aliphatic rings. The summed E-state index contributed by atoms with van der Waals surface area (Å²) < 4.78 is 10.6. The van der Waals surface area contributed by atoms with Crippen LogP contribution in [-0.4, -0.2) is 30.7 Å². The Morgan fingerprint density at radius 3 is 2.50 bits per heavy atom. The van der Waals surface area contributed by atoms with E-state index in [0.717, 1.165) is 5.56 Å². The minimum Gasteiger partial charge on any atom is -0.393 e. The molecule has 0 aliphatic carbocycles. The molecule has 1 aliphatic heterocycles. The minimum atomic E-state index is -0.397. The van der Waals surface area contributed by atoms with Crippen LogP contribution in [0.5, 0.6) is 0 Å². The van der Waals surface area contributed by atoms with Crippen LogP contribution in [0.2, 0.25) is 0 Å². The average molecular weight is 222 g/mol. The molecule has 0 amide bonds. The molecule has 1 unspecified atom stereocenters. The van der Waals surface area contributed by atoms with Gasteiger partial charge in [-0.05, 0) is 18.9 Å². The highest BCUT2D eigenvalue weighted by atomic mass is 16.7. The summed E-state index contributed by atoms with van der Waals surface area (Å²) in [7, 11) is 0. The highest BCUT2D eigenvalue weighted by Crippen LogP contribution is 2.14. The minimum absolute atomic E-state index is 0.222. The number of aliphatic hydroxyl groups excluding tert-OH is 1. The second-order valence-electron chi connectivity index (χ2n) is 4.25. The molecule has 1 heterocycles. The van der Waals surface area contributed by atoms with Crippen LogP contribution >= 0.6 is 0 Å². The van der Waals surface area contributed by atoms with E-state index in [2.05, 4.69) is 31.2 Å². The Kier molecular flexibility index (Phi) is 3.93. The van der Waals surface area contributed by atoms with E-state index in [4.69, 9.17) is 9.47 Å². The molecule has 1 saturated heterocycles. The largest absolute Gasteiger partial charge is 0.393 e. The van der Waals surface area contributed by atoms with Crippen molar-refractivity contribution in [1.29, 1.82) is 0 Å². The molecule has 1 N–H and O–H groups in total. The Hall–Kier alpha value is -0.900. The van der Waals surface area contributed by atoms with Gasteiger partial charge >= 0.3 is 0 Å². The smallest absolute Gasteiger partial charge is 0.160 e. The van der Waals surface area contributed by atoms with Crippen molar-refractivity contribution in [3.05, 3.63) is 35.4 Å². The zero-order valence-electron chi connectivity index (χ0n) is 9.56. The quantitative estimate of drug-likeness (QED) is 0.842. The molecule has 3 nitrogen and oxygen atoms in total. The van der Waals surface area contributed by atoms with Crippen molar-refractivity contribution >= 4 is 0 Å². The molecular formula is C13H18O3. The van der Waals surface area contributed by atoms with E-state index in [1.54, 1.807) is 0 Å². The molecule has 3 heteroatoms. The molecular weight excluding hydrogens is 204 g/mol. The molecule has 1 aromatic rings. The van der Waals surface area contributed by atoms with Crippen molar-refractivity contribution in [3.8, 4) is 0 Å². The van der Waals surface area contributed by atoms with Crippen molar-refractivity contribution in [2.45, 2.75) is 32.2 Å². The van der Waals surface area contributed by atoms with E-state index in [-0.39, 0.29) is 6.29 Å². The summed E-state index contributed by atoms with van der Waals surface area (Å²) in [5.41, 5.74) is 2.39. The maximum Gasteiger partial charge on any atom is 0.160 e.